The third-order valence-corrected chi connectivity index (χ3v) is 6.33. The molecule has 4 rings (SSSR count). The summed E-state index contributed by atoms with van der Waals surface area (Å²) < 4.78 is 54.5. The Labute approximate surface area is 253 Å². The van der Waals surface area contributed by atoms with Crippen molar-refractivity contribution in [2.75, 3.05) is 51.2 Å². The smallest absolute Gasteiger partial charge is 0.330 e. The Balaban J connectivity index is 1.07. The SMILES string of the molecule is COc1ccc(F)cc1NCCO[B]c1ccc(COCc2ccc([B]OCCNc3cc(F)ccc3OC)cc2)cc1. The van der Waals surface area contributed by atoms with Gasteiger partial charge in [-0.3, -0.25) is 0 Å². The van der Waals surface area contributed by atoms with E-state index in [-0.39, 0.29) is 11.6 Å². The van der Waals surface area contributed by atoms with Crippen molar-refractivity contribution in [2.24, 2.45) is 0 Å². The molecular weight excluding hydrogens is 552 g/mol. The molecule has 0 heterocycles. The Morgan fingerprint density at radius 3 is 1.40 bits per heavy atom. The number of ether oxygens (including phenoxy) is 3. The third kappa shape index (κ3) is 10.6. The van der Waals surface area contributed by atoms with Crippen molar-refractivity contribution in [1.82, 2.24) is 0 Å². The molecule has 0 aliphatic rings. The number of anilines is 2. The van der Waals surface area contributed by atoms with Gasteiger partial charge in [-0.25, -0.2) is 8.78 Å². The Morgan fingerprint density at radius 2 is 1.00 bits per heavy atom. The summed E-state index contributed by atoms with van der Waals surface area (Å²) in [5, 5.41) is 6.23. The lowest BCUT2D eigenvalue weighted by atomic mass is 9.87. The molecule has 0 amide bonds. The summed E-state index contributed by atoms with van der Waals surface area (Å²) in [6.07, 6.45) is 0. The van der Waals surface area contributed by atoms with Crippen molar-refractivity contribution in [3.05, 3.63) is 108 Å². The second kappa shape index (κ2) is 17.2. The fourth-order valence-corrected chi connectivity index (χ4v) is 4.11. The molecule has 0 atom stereocenters. The normalized spacial score (nSPS) is 10.7. The number of hydrogen-bond acceptors (Lipinski definition) is 7. The highest BCUT2D eigenvalue weighted by atomic mass is 19.1. The minimum Gasteiger partial charge on any atom is -0.495 e. The molecule has 4 aromatic carbocycles. The molecule has 0 fully saturated rings. The van der Waals surface area contributed by atoms with Crippen LogP contribution in [0.25, 0.3) is 0 Å². The zero-order valence-corrected chi connectivity index (χ0v) is 24.3. The highest BCUT2D eigenvalue weighted by Crippen LogP contribution is 2.25. The van der Waals surface area contributed by atoms with E-state index in [1.807, 2.05) is 48.5 Å². The first-order valence-electron chi connectivity index (χ1n) is 13.8. The molecule has 2 N–H and O–H groups in total. The number of methoxy groups -OCH3 is 2. The van der Waals surface area contributed by atoms with Gasteiger partial charge in [0.1, 0.15) is 23.1 Å². The predicted molar refractivity (Wildman–Crippen MR) is 167 cm³/mol. The highest BCUT2D eigenvalue weighted by molar-refractivity contribution is 6.47. The maximum atomic E-state index is 13.5. The molecule has 0 saturated heterocycles. The van der Waals surface area contributed by atoms with E-state index in [4.69, 9.17) is 23.5 Å². The number of hydrogen-bond donors (Lipinski definition) is 2. The molecule has 4 aromatic rings. The molecule has 0 unspecified atom stereocenters. The summed E-state index contributed by atoms with van der Waals surface area (Å²) >= 11 is 0. The van der Waals surface area contributed by atoms with E-state index in [1.165, 1.54) is 24.3 Å². The van der Waals surface area contributed by atoms with Crippen molar-refractivity contribution >= 4 is 37.3 Å². The van der Waals surface area contributed by atoms with Crippen LogP contribution in [-0.2, 0) is 27.3 Å². The number of nitrogens with one attached hydrogen (secondary N) is 2. The minimum absolute atomic E-state index is 0.329. The van der Waals surface area contributed by atoms with Crippen LogP contribution in [0.1, 0.15) is 11.1 Å². The van der Waals surface area contributed by atoms with E-state index in [0.29, 0.717) is 62.4 Å². The van der Waals surface area contributed by atoms with Crippen LogP contribution >= 0.6 is 0 Å². The summed E-state index contributed by atoms with van der Waals surface area (Å²) in [6.45, 7) is 2.80. The lowest BCUT2D eigenvalue weighted by Crippen LogP contribution is -2.21. The van der Waals surface area contributed by atoms with Crippen LogP contribution in [0.2, 0.25) is 0 Å². The van der Waals surface area contributed by atoms with E-state index in [2.05, 4.69) is 10.6 Å². The molecule has 0 bridgehead atoms. The van der Waals surface area contributed by atoms with Gasteiger partial charge in [0.2, 0.25) is 0 Å². The van der Waals surface area contributed by atoms with E-state index < -0.39 is 0 Å². The van der Waals surface area contributed by atoms with Crippen LogP contribution in [0, 0.1) is 11.6 Å². The van der Waals surface area contributed by atoms with Crippen LogP contribution in [-0.4, -0.2) is 55.5 Å². The van der Waals surface area contributed by atoms with Crippen LogP contribution in [0.4, 0.5) is 20.2 Å². The Bertz CT molecular complexity index is 1310. The molecule has 0 spiro atoms. The topological polar surface area (TPSA) is 70.2 Å². The van der Waals surface area contributed by atoms with Gasteiger partial charge in [0, 0.05) is 38.4 Å². The first-order chi connectivity index (χ1) is 21.0. The van der Waals surface area contributed by atoms with E-state index in [9.17, 15) is 8.78 Å². The molecule has 43 heavy (non-hydrogen) atoms. The van der Waals surface area contributed by atoms with Crippen molar-refractivity contribution in [2.45, 2.75) is 13.2 Å². The molecule has 7 nitrogen and oxygen atoms in total. The molecule has 0 aliphatic heterocycles. The third-order valence-electron chi connectivity index (χ3n) is 6.33. The standard InChI is InChI=1S/C32H34B2F2N2O5/c1-39-31-13-11-27(35)19-29(31)37-15-17-42-33-25-7-3-23(4-8-25)21-41-22-24-5-9-26(10-6-24)34-43-18-16-38-30-20-28(36)12-14-32(30)40-2/h3-14,19-20,37-38H,15-18,21-22H2,1-2H3. The van der Waals surface area contributed by atoms with Crippen LogP contribution in [0.3, 0.4) is 0 Å². The zero-order valence-electron chi connectivity index (χ0n) is 24.3. The quantitative estimate of drug-likeness (QED) is 0.132. The average Bonchev–Trinajstić information content (AvgIpc) is 3.02. The van der Waals surface area contributed by atoms with Gasteiger partial charge in [0.15, 0.2) is 0 Å². The molecule has 11 heteroatoms. The molecule has 0 aromatic heterocycles. The van der Waals surface area contributed by atoms with Crippen molar-refractivity contribution in [3.63, 3.8) is 0 Å². The van der Waals surface area contributed by atoms with Gasteiger partial charge in [-0.05, 0) is 35.4 Å². The monoisotopic (exact) mass is 586 g/mol. The van der Waals surface area contributed by atoms with E-state index in [0.717, 1.165) is 22.1 Å². The molecule has 0 aliphatic carbocycles. The van der Waals surface area contributed by atoms with Gasteiger partial charge < -0.3 is 34.2 Å². The Hall–Kier alpha value is -4.05. The second-order valence-corrected chi connectivity index (χ2v) is 9.50. The van der Waals surface area contributed by atoms with Gasteiger partial charge in [-0.15, -0.1) is 0 Å². The number of benzene rings is 4. The molecule has 0 saturated carbocycles. The lowest BCUT2D eigenvalue weighted by molar-refractivity contribution is 0.107. The zero-order chi connectivity index (χ0) is 30.3. The summed E-state index contributed by atoms with van der Waals surface area (Å²) in [4.78, 5) is 0. The van der Waals surface area contributed by atoms with Crippen molar-refractivity contribution < 1.29 is 32.3 Å². The average molecular weight is 586 g/mol. The van der Waals surface area contributed by atoms with Crippen LogP contribution in [0.15, 0.2) is 84.9 Å². The Morgan fingerprint density at radius 1 is 0.581 bits per heavy atom. The van der Waals surface area contributed by atoms with Gasteiger partial charge in [-0.2, -0.15) is 0 Å². The Kier molecular flexibility index (Phi) is 12.7. The molecule has 2 radical (unpaired) electrons. The van der Waals surface area contributed by atoms with Gasteiger partial charge in [0.05, 0.1) is 38.8 Å². The first-order valence-corrected chi connectivity index (χ1v) is 13.8. The summed E-state index contributed by atoms with van der Waals surface area (Å²) in [6, 6.07) is 24.5. The predicted octanol–water partition coefficient (Wildman–Crippen LogP) is 4.45. The van der Waals surface area contributed by atoms with Gasteiger partial charge in [-0.1, -0.05) is 59.5 Å². The maximum absolute atomic E-state index is 13.5. The van der Waals surface area contributed by atoms with E-state index in [1.54, 1.807) is 41.3 Å². The number of halogens is 2. The molecular formula is C32H34B2F2N2O5. The van der Waals surface area contributed by atoms with Gasteiger partial charge in [0.25, 0.3) is 0 Å². The van der Waals surface area contributed by atoms with Crippen molar-refractivity contribution in [1.29, 1.82) is 0 Å². The van der Waals surface area contributed by atoms with Gasteiger partial charge >= 0.3 is 15.0 Å². The second-order valence-electron chi connectivity index (χ2n) is 9.50. The lowest BCUT2D eigenvalue weighted by Gasteiger charge is -2.11. The minimum atomic E-state index is -0.329. The fraction of sp³-hybridized carbons (Fsp3) is 0.250. The molecule has 222 valence electrons. The highest BCUT2D eigenvalue weighted by Gasteiger charge is 2.06. The largest absolute Gasteiger partial charge is 0.495 e. The summed E-state index contributed by atoms with van der Waals surface area (Å²) in [5.41, 5.74) is 5.16. The maximum Gasteiger partial charge on any atom is 0.330 e. The first kappa shape index (κ1) is 31.9. The van der Waals surface area contributed by atoms with Crippen molar-refractivity contribution in [3.8, 4) is 11.5 Å². The number of rotatable bonds is 18. The fourth-order valence-electron chi connectivity index (χ4n) is 4.11. The summed E-state index contributed by atoms with van der Waals surface area (Å²) in [7, 11) is 6.47. The van der Waals surface area contributed by atoms with Crippen LogP contribution in [0.5, 0.6) is 11.5 Å². The van der Waals surface area contributed by atoms with E-state index >= 15 is 0 Å². The van der Waals surface area contributed by atoms with Crippen LogP contribution < -0.4 is 31.0 Å². The summed E-state index contributed by atoms with van der Waals surface area (Å²) in [5.74, 6) is 0.501.